The number of hydrogen-bond acceptors (Lipinski definition) is 0. The molecule has 6 aliphatic carbocycles. The van der Waals surface area contributed by atoms with E-state index in [0.717, 1.165) is 0 Å². The molecule has 52 heavy (non-hydrogen) atoms. The fourth-order valence-corrected chi connectivity index (χ4v) is 6.68. The van der Waals surface area contributed by atoms with Gasteiger partial charge in [0.1, 0.15) is 0 Å². The molecule has 0 N–H and O–H groups in total. The van der Waals surface area contributed by atoms with Crippen LogP contribution < -0.4 is 37.2 Å². The van der Waals surface area contributed by atoms with Crippen molar-refractivity contribution < 1.29 is 37.2 Å². The minimum absolute atomic E-state index is 0. The molecule has 0 bridgehead atoms. The summed E-state index contributed by atoms with van der Waals surface area (Å²) in [5.41, 5.74) is 0. The first-order valence-electron chi connectivity index (χ1n) is 21.9. The molecule has 4 heteroatoms. The third-order valence-corrected chi connectivity index (χ3v) is 9.95. The fraction of sp³-hybridized carbons (Fsp3) is 0.750. The molecule has 300 valence electrons. The zero-order valence-corrected chi connectivity index (χ0v) is 39.7. The van der Waals surface area contributed by atoms with Gasteiger partial charge in [-0.15, -0.1) is 0 Å². The number of rotatable bonds is 0. The van der Waals surface area contributed by atoms with Gasteiger partial charge in [0.25, 0.3) is 0 Å². The van der Waals surface area contributed by atoms with E-state index in [4.69, 9.17) is 0 Å². The molecule has 6 rings (SSSR count). The van der Waals surface area contributed by atoms with E-state index in [0.29, 0.717) is 0 Å². The van der Waals surface area contributed by atoms with E-state index < -0.39 is 0 Å². The normalized spacial score (nSPS) is 24.0. The second-order valence-corrected chi connectivity index (χ2v) is 14.8. The van der Waals surface area contributed by atoms with Gasteiger partial charge < -0.3 is 37.2 Å². The van der Waals surface area contributed by atoms with Crippen LogP contribution in [-0.4, -0.2) is 25.8 Å². The van der Waals surface area contributed by atoms with Crippen molar-refractivity contribution in [2.45, 2.75) is 231 Å². The third kappa shape index (κ3) is 52.3. The van der Waals surface area contributed by atoms with Crippen LogP contribution in [0.1, 0.15) is 231 Å². The van der Waals surface area contributed by atoms with Gasteiger partial charge in [0.2, 0.25) is 0 Å². The van der Waals surface area contributed by atoms with Gasteiger partial charge in [-0.25, -0.2) is 0 Å². The maximum atomic E-state index is 2.32. The Morgan fingerprint density at radius 3 is 0.288 bits per heavy atom. The Labute approximate surface area is 364 Å². The van der Waals surface area contributed by atoms with Crippen LogP contribution in [0.4, 0.5) is 0 Å². The van der Waals surface area contributed by atoms with Gasteiger partial charge in [0, 0.05) is 0 Å². The van der Waals surface area contributed by atoms with Gasteiger partial charge in [-0.05, 0) is 154 Å². The van der Waals surface area contributed by atoms with Gasteiger partial charge in [-0.1, -0.05) is 150 Å². The van der Waals surface area contributed by atoms with E-state index in [1.165, 1.54) is 231 Å². The van der Waals surface area contributed by atoms with Crippen molar-refractivity contribution in [2.75, 3.05) is 0 Å². The van der Waals surface area contributed by atoms with Crippen molar-refractivity contribution in [3.8, 4) is 0 Å². The van der Waals surface area contributed by atoms with Crippen LogP contribution in [0.25, 0.3) is 0 Å². The van der Waals surface area contributed by atoms with Crippen LogP contribution in [0.5, 0.6) is 0 Å². The van der Waals surface area contributed by atoms with Crippen molar-refractivity contribution in [3.05, 3.63) is 72.9 Å². The Balaban J connectivity index is -0.000000262. The zero-order chi connectivity index (χ0) is 33.9. The van der Waals surface area contributed by atoms with Crippen LogP contribution in [0.3, 0.4) is 0 Å². The summed E-state index contributed by atoms with van der Waals surface area (Å²) in [7, 11) is 0. The number of allylic oxidation sites excluding steroid dienone is 12. The molecule has 0 amide bonds. The van der Waals surface area contributed by atoms with Gasteiger partial charge >= 0.3 is 25.8 Å². The van der Waals surface area contributed by atoms with Crippen molar-refractivity contribution in [1.29, 1.82) is 0 Å². The van der Waals surface area contributed by atoms with E-state index in [-0.39, 0.29) is 63.1 Å². The predicted octanol–water partition coefficient (Wildman–Crippen LogP) is 8.01. The minimum Gasteiger partial charge on any atom is -1.00 e. The molecule has 0 aromatic heterocycles. The fourth-order valence-electron chi connectivity index (χ4n) is 6.68. The maximum Gasteiger partial charge on any atom is 3.00 e. The summed E-state index contributed by atoms with van der Waals surface area (Å²) >= 11 is 0. The average molecular weight is 882 g/mol. The summed E-state index contributed by atoms with van der Waals surface area (Å²) in [6.07, 6.45) is 78.0. The summed E-state index contributed by atoms with van der Waals surface area (Å²) in [6, 6.07) is 0. The minimum atomic E-state index is 0. The second kappa shape index (κ2) is 55.5. The van der Waals surface area contributed by atoms with E-state index in [2.05, 4.69) is 72.9 Å². The molecule has 0 aromatic rings. The Morgan fingerprint density at radius 2 is 0.212 bits per heavy atom. The molecule has 0 saturated carbocycles. The number of halogens is 3. The molecule has 0 heterocycles. The standard InChI is InChI=1S/6C8H14.3ClH.In/c6*1-2-4-6-8-7-5-3-1;;;;/h6*1-2H,3-8H2;3*1H;/q;;;;;;;;;+3/p-3/b6*2-1-;;;;. The second-order valence-electron chi connectivity index (χ2n) is 14.8. The summed E-state index contributed by atoms with van der Waals surface area (Å²) in [5, 5.41) is 0. The van der Waals surface area contributed by atoms with Crippen LogP contribution in [0.15, 0.2) is 72.9 Å². The first-order valence-corrected chi connectivity index (χ1v) is 21.9. The van der Waals surface area contributed by atoms with Gasteiger partial charge in [-0.3, -0.25) is 0 Å². The first kappa shape index (κ1) is 58.9. The monoisotopic (exact) mass is 880 g/mol. The molecule has 0 aromatic carbocycles. The molecule has 0 nitrogen and oxygen atoms in total. The van der Waals surface area contributed by atoms with Crippen LogP contribution >= 0.6 is 0 Å². The zero-order valence-electron chi connectivity index (χ0n) is 34.1. The third-order valence-electron chi connectivity index (χ3n) is 9.95. The van der Waals surface area contributed by atoms with Crippen molar-refractivity contribution in [1.82, 2.24) is 0 Å². The topological polar surface area (TPSA) is 0 Å². The molecule has 0 radical (unpaired) electrons. The Morgan fingerprint density at radius 1 is 0.135 bits per heavy atom. The van der Waals surface area contributed by atoms with E-state index in [1.807, 2.05) is 0 Å². The van der Waals surface area contributed by atoms with Crippen molar-refractivity contribution in [3.63, 3.8) is 0 Å². The van der Waals surface area contributed by atoms with Gasteiger partial charge in [0.15, 0.2) is 0 Å². The maximum absolute atomic E-state index is 2.32. The largest absolute Gasteiger partial charge is 3.00 e. The first-order chi connectivity index (χ1) is 24.0. The van der Waals surface area contributed by atoms with Crippen LogP contribution in [-0.2, 0) is 0 Å². The quantitative estimate of drug-likeness (QED) is 0.217. The Bertz CT molecular complexity index is 567. The predicted molar refractivity (Wildman–Crippen MR) is 227 cm³/mol. The van der Waals surface area contributed by atoms with Gasteiger partial charge in [0.05, 0.1) is 0 Å². The SMILES string of the molecule is C1=C\CCCCCC/1.C1=C\CCCCCC/1.C1=C\CCCCCC/1.C1=C\CCCCCC/1.C1=C\CCCCCC/1.C1=C\CCCCCC/1.[Cl-].[Cl-].[Cl-].[In+3]. The molecular formula is C48H84Cl3In. The summed E-state index contributed by atoms with van der Waals surface area (Å²) < 4.78 is 0. The average Bonchev–Trinajstić information content (AvgIpc) is 2.97. The van der Waals surface area contributed by atoms with Crippen LogP contribution in [0, 0.1) is 0 Å². The van der Waals surface area contributed by atoms with Crippen molar-refractivity contribution >= 4 is 25.8 Å². The molecular weight excluding hydrogens is 798 g/mol. The van der Waals surface area contributed by atoms with E-state index in [1.54, 1.807) is 0 Å². The smallest absolute Gasteiger partial charge is 1.00 e. The Hall–Kier alpha value is 0.180. The molecule has 0 unspecified atom stereocenters. The molecule has 6 aliphatic rings. The van der Waals surface area contributed by atoms with Crippen LogP contribution in [0.2, 0.25) is 0 Å². The van der Waals surface area contributed by atoms with E-state index >= 15 is 0 Å². The summed E-state index contributed by atoms with van der Waals surface area (Å²) in [4.78, 5) is 0. The molecule has 0 aliphatic heterocycles. The summed E-state index contributed by atoms with van der Waals surface area (Å²) in [5.74, 6) is 0. The molecule has 0 spiro atoms. The molecule has 0 fully saturated rings. The van der Waals surface area contributed by atoms with Gasteiger partial charge in [-0.2, -0.15) is 0 Å². The van der Waals surface area contributed by atoms with E-state index in [9.17, 15) is 0 Å². The molecule has 0 atom stereocenters. The Kier molecular flexibility index (Phi) is 62.9. The summed E-state index contributed by atoms with van der Waals surface area (Å²) in [6.45, 7) is 0. The number of hydrogen-bond donors (Lipinski definition) is 0. The van der Waals surface area contributed by atoms with Crippen molar-refractivity contribution in [2.24, 2.45) is 0 Å². The molecule has 0 saturated heterocycles.